The van der Waals surface area contributed by atoms with E-state index in [9.17, 15) is 9.90 Å². The predicted octanol–water partition coefficient (Wildman–Crippen LogP) is 1.62. The fourth-order valence-corrected chi connectivity index (χ4v) is 1.71. The van der Waals surface area contributed by atoms with Crippen LogP contribution in [0.2, 0.25) is 0 Å². The van der Waals surface area contributed by atoms with Gasteiger partial charge in [0.2, 0.25) is 0 Å². The lowest BCUT2D eigenvalue weighted by molar-refractivity contribution is -0.329. The number of ether oxygens (including phenoxy) is 3. The van der Waals surface area contributed by atoms with Gasteiger partial charge in [0.15, 0.2) is 5.79 Å². The molecule has 0 bridgehead atoms. The molecule has 0 aromatic carbocycles. The molecule has 0 aliphatic carbocycles. The maximum Gasteiger partial charge on any atom is 0.309 e. The Balaban J connectivity index is 2.66. The van der Waals surface area contributed by atoms with E-state index in [2.05, 4.69) is 0 Å². The number of carbonyl (C=O) groups is 1. The highest BCUT2D eigenvalue weighted by Gasteiger charge is 2.45. The predicted molar refractivity (Wildman–Crippen MR) is 66.0 cm³/mol. The van der Waals surface area contributed by atoms with Gasteiger partial charge in [-0.1, -0.05) is 0 Å². The summed E-state index contributed by atoms with van der Waals surface area (Å²) >= 11 is 0. The zero-order chi connectivity index (χ0) is 14.2. The monoisotopic (exact) mass is 260 g/mol. The first-order valence-electron chi connectivity index (χ1n) is 6.17. The molecular weight excluding hydrogens is 236 g/mol. The average Bonchev–Trinajstić information content (AvgIpc) is 2.09. The van der Waals surface area contributed by atoms with Gasteiger partial charge in [0, 0.05) is 0 Å². The molecule has 1 rings (SSSR count). The molecule has 1 aliphatic heterocycles. The lowest BCUT2D eigenvalue weighted by atomic mass is 9.95. The summed E-state index contributed by atoms with van der Waals surface area (Å²) < 4.78 is 16.2. The number of rotatable bonds is 2. The summed E-state index contributed by atoms with van der Waals surface area (Å²) in [4.78, 5) is 11.8. The largest absolute Gasteiger partial charge is 0.460 e. The number of hydrogen-bond acceptors (Lipinski definition) is 5. The van der Waals surface area contributed by atoms with Gasteiger partial charge in [-0.2, -0.15) is 0 Å². The third-order valence-corrected chi connectivity index (χ3v) is 2.60. The molecule has 0 unspecified atom stereocenters. The van der Waals surface area contributed by atoms with Gasteiger partial charge < -0.3 is 19.3 Å². The Kier molecular flexibility index (Phi) is 4.10. The van der Waals surface area contributed by atoms with Crippen LogP contribution in [0.15, 0.2) is 0 Å². The molecule has 2 atom stereocenters. The maximum atomic E-state index is 11.8. The van der Waals surface area contributed by atoms with Crippen molar-refractivity contribution in [2.24, 2.45) is 0 Å². The van der Waals surface area contributed by atoms with Crippen LogP contribution >= 0.6 is 0 Å². The second-order valence-corrected chi connectivity index (χ2v) is 6.44. The number of hydrogen-bond donors (Lipinski definition) is 1. The second-order valence-electron chi connectivity index (χ2n) is 6.44. The Morgan fingerprint density at radius 3 is 2.44 bits per heavy atom. The van der Waals surface area contributed by atoms with E-state index in [-0.39, 0.29) is 19.0 Å². The number of aliphatic hydroxyl groups is 1. The second kappa shape index (κ2) is 4.79. The van der Waals surface area contributed by atoms with E-state index in [4.69, 9.17) is 14.2 Å². The van der Waals surface area contributed by atoms with Crippen LogP contribution in [0.1, 0.15) is 48.0 Å². The Morgan fingerprint density at radius 2 is 1.94 bits per heavy atom. The first kappa shape index (κ1) is 15.4. The third-order valence-electron chi connectivity index (χ3n) is 2.60. The fraction of sp³-hybridized carbons (Fsp3) is 0.923. The molecular formula is C13H24O5. The maximum absolute atomic E-state index is 11.8. The van der Waals surface area contributed by atoms with Gasteiger partial charge in [-0.05, 0) is 41.5 Å². The van der Waals surface area contributed by atoms with Crippen molar-refractivity contribution in [3.05, 3.63) is 0 Å². The summed E-state index contributed by atoms with van der Waals surface area (Å²) in [6, 6.07) is 0. The Hall–Kier alpha value is -0.650. The van der Waals surface area contributed by atoms with Crippen molar-refractivity contribution in [2.75, 3.05) is 6.61 Å². The molecule has 0 aromatic heterocycles. The highest BCUT2D eigenvalue weighted by atomic mass is 16.7. The van der Waals surface area contributed by atoms with Gasteiger partial charge >= 0.3 is 5.97 Å². The first-order chi connectivity index (χ1) is 7.91. The van der Waals surface area contributed by atoms with E-state index in [0.717, 1.165) is 0 Å². The molecule has 0 amide bonds. The van der Waals surface area contributed by atoms with Crippen molar-refractivity contribution < 1.29 is 24.1 Å². The molecule has 0 radical (unpaired) electrons. The molecule has 18 heavy (non-hydrogen) atoms. The highest BCUT2D eigenvalue weighted by Crippen LogP contribution is 2.31. The van der Waals surface area contributed by atoms with E-state index >= 15 is 0 Å². The summed E-state index contributed by atoms with van der Waals surface area (Å²) in [5, 5.41) is 10.2. The van der Waals surface area contributed by atoms with E-state index < -0.39 is 23.1 Å². The van der Waals surface area contributed by atoms with E-state index in [1.165, 1.54) is 0 Å². The minimum Gasteiger partial charge on any atom is -0.460 e. The Bertz CT molecular complexity index is 314. The van der Waals surface area contributed by atoms with Crippen molar-refractivity contribution in [1.29, 1.82) is 0 Å². The van der Waals surface area contributed by atoms with Gasteiger partial charge in [-0.15, -0.1) is 0 Å². The van der Waals surface area contributed by atoms with E-state index in [1.54, 1.807) is 41.5 Å². The minimum atomic E-state index is -1.19. The molecule has 0 spiro atoms. The van der Waals surface area contributed by atoms with Gasteiger partial charge in [0.25, 0.3) is 0 Å². The van der Waals surface area contributed by atoms with Crippen LogP contribution in [0.5, 0.6) is 0 Å². The third kappa shape index (κ3) is 4.55. The first-order valence-corrected chi connectivity index (χ1v) is 6.17. The summed E-state index contributed by atoms with van der Waals surface area (Å²) in [6.07, 6.45) is -0.618. The lowest BCUT2D eigenvalue weighted by Crippen LogP contribution is -2.56. The topological polar surface area (TPSA) is 65.0 Å². The van der Waals surface area contributed by atoms with Gasteiger partial charge in [0.05, 0.1) is 13.0 Å². The molecule has 1 aliphatic rings. The zero-order valence-corrected chi connectivity index (χ0v) is 12.1. The zero-order valence-electron chi connectivity index (χ0n) is 12.1. The summed E-state index contributed by atoms with van der Waals surface area (Å²) in [6.45, 7) is 10.6. The van der Waals surface area contributed by atoms with E-state index in [0.29, 0.717) is 0 Å². The summed E-state index contributed by atoms with van der Waals surface area (Å²) in [5.41, 5.74) is -1.73. The van der Waals surface area contributed by atoms with Crippen LogP contribution in [-0.2, 0) is 19.0 Å². The van der Waals surface area contributed by atoms with Gasteiger partial charge in [0.1, 0.15) is 17.3 Å². The van der Waals surface area contributed by atoms with Gasteiger partial charge in [-0.3, -0.25) is 4.79 Å². The smallest absolute Gasteiger partial charge is 0.309 e. The van der Waals surface area contributed by atoms with Crippen LogP contribution in [0, 0.1) is 0 Å². The van der Waals surface area contributed by atoms with Crippen LogP contribution in [-0.4, -0.2) is 40.8 Å². The minimum absolute atomic E-state index is 0.0110. The van der Waals surface area contributed by atoms with Crippen LogP contribution in [0.25, 0.3) is 0 Å². The summed E-state index contributed by atoms with van der Waals surface area (Å²) in [5.74, 6) is -1.18. The van der Waals surface area contributed by atoms with Gasteiger partial charge in [-0.25, -0.2) is 0 Å². The quantitative estimate of drug-likeness (QED) is 0.764. The van der Waals surface area contributed by atoms with Crippen LogP contribution < -0.4 is 0 Å². The molecule has 0 saturated carbocycles. The van der Waals surface area contributed by atoms with E-state index in [1.807, 2.05) is 0 Å². The van der Waals surface area contributed by atoms with Crippen molar-refractivity contribution in [2.45, 2.75) is 71.1 Å². The molecule has 0 aromatic rings. The van der Waals surface area contributed by atoms with Crippen LogP contribution in [0.4, 0.5) is 0 Å². The lowest BCUT2D eigenvalue weighted by Gasteiger charge is -2.44. The molecule has 1 fully saturated rings. The normalized spacial score (nSPS) is 32.1. The molecule has 1 heterocycles. The Morgan fingerprint density at radius 1 is 1.39 bits per heavy atom. The molecule has 106 valence electrons. The highest BCUT2D eigenvalue weighted by molar-refractivity contribution is 5.70. The average molecular weight is 260 g/mol. The molecule has 1 N–H and O–H groups in total. The van der Waals surface area contributed by atoms with Crippen molar-refractivity contribution >= 4 is 5.97 Å². The molecule has 5 nitrogen and oxygen atoms in total. The van der Waals surface area contributed by atoms with Crippen molar-refractivity contribution in [3.8, 4) is 0 Å². The van der Waals surface area contributed by atoms with Crippen LogP contribution in [0.3, 0.4) is 0 Å². The number of carbonyl (C=O) groups excluding carboxylic acids is 1. The number of esters is 1. The molecule has 5 heteroatoms. The SMILES string of the molecule is CC(C)(C)OC(=O)C[C@H]1OC(C)(C)OC[C@@]1(C)O. The standard InChI is InChI=1S/C13H24O5/c1-11(2,3)18-10(14)7-9-13(6,15)8-16-12(4,5)17-9/h9,15H,7-8H2,1-6H3/t9-,13-/m1/s1. The molecule has 1 saturated heterocycles. The summed E-state index contributed by atoms with van der Waals surface area (Å²) in [7, 11) is 0. The Labute approximate surface area is 108 Å². The van der Waals surface area contributed by atoms with Crippen molar-refractivity contribution in [1.82, 2.24) is 0 Å². The van der Waals surface area contributed by atoms with Crippen molar-refractivity contribution in [3.63, 3.8) is 0 Å². The fourth-order valence-electron chi connectivity index (χ4n) is 1.71.